The summed E-state index contributed by atoms with van der Waals surface area (Å²) in [5.41, 5.74) is 1.97. The zero-order valence-corrected chi connectivity index (χ0v) is 12.8. The number of aromatic nitrogens is 2. The zero-order valence-electron chi connectivity index (χ0n) is 12.8. The summed E-state index contributed by atoms with van der Waals surface area (Å²) in [6.45, 7) is 2.45. The van der Waals surface area contributed by atoms with E-state index in [0.29, 0.717) is 12.6 Å². The average molecular weight is 292 g/mol. The summed E-state index contributed by atoms with van der Waals surface area (Å²) in [6, 6.07) is 0.318. The molecule has 2 rings (SSSR count). The fourth-order valence-corrected chi connectivity index (χ4v) is 2.66. The average Bonchev–Trinajstić information content (AvgIpc) is 3.09. The van der Waals surface area contributed by atoms with Gasteiger partial charge in [-0.2, -0.15) is 5.10 Å². The summed E-state index contributed by atoms with van der Waals surface area (Å²) >= 11 is 0. The van der Waals surface area contributed by atoms with E-state index < -0.39 is 0 Å². The number of amides is 2. The van der Waals surface area contributed by atoms with Crippen LogP contribution in [0.5, 0.6) is 0 Å². The number of hydrogen-bond acceptors (Lipinski definition) is 3. The first kappa shape index (κ1) is 15.5. The van der Waals surface area contributed by atoms with Gasteiger partial charge in [0, 0.05) is 43.7 Å². The monoisotopic (exact) mass is 292 g/mol. The molecule has 1 aliphatic carbocycles. The molecule has 2 N–H and O–H groups in total. The summed E-state index contributed by atoms with van der Waals surface area (Å²) < 4.78 is 0. The van der Waals surface area contributed by atoms with Gasteiger partial charge in [0.1, 0.15) is 0 Å². The van der Waals surface area contributed by atoms with Crippen LogP contribution in [0.1, 0.15) is 49.8 Å². The Morgan fingerprint density at radius 3 is 2.71 bits per heavy atom. The summed E-state index contributed by atoms with van der Waals surface area (Å²) in [5.74, 6) is -0.0275. The Kier molecular flexibility index (Phi) is 5.36. The third kappa shape index (κ3) is 4.58. The lowest BCUT2D eigenvalue weighted by atomic mass is 10.2. The molecule has 0 spiro atoms. The second-order valence-electron chi connectivity index (χ2n) is 5.82. The molecule has 0 radical (unpaired) electrons. The lowest BCUT2D eigenvalue weighted by molar-refractivity contribution is -0.133. The van der Waals surface area contributed by atoms with E-state index in [2.05, 4.69) is 15.5 Å². The van der Waals surface area contributed by atoms with Gasteiger partial charge >= 0.3 is 0 Å². The largest absolute Gasteiger partial charge is 0.353 e. The highest BCUT2D eigenvalue weighted by atomic mass is 16.2. The van der Waals surface area contributed by atoms with E-state index in [1.165, 1.54) is 12.8 Å². The van der Waals surface area contributed by atoms with Crippen molar-refractivity contribution in [1.82, 2.24) is 20.4 Å². The molecule has 0 saturated heterocycles. The predicted octanol–water partition coefficient (Wildman–Crippen LogP) is 1.52. The fourth-order valence-electron chi connectivity index (χ4n) is 2.66. The normalized spacial score (nSPS) is 15.1. The van der Waals surface area contributed by atoms with Gasteiger partial charge in [0.05, 0.1) is 6.20 Å². The van der Waals surface area contributed by atoms with Gasteiger partial charge < -0.3 is 10.2 Å². The van der Waals surface area contributed by atoms with Crippen molar-refractivity contribution in [3.63, 3.8) is 0 Å². The van der Waals surface area contributed by atoms with E-state index in [1.54, 1.807) is 18.1 Å². The van der Waals surface area contributed by atoms with E-state index >= 15 is 0 Å². The van der Waals surface area contributed by atoms with Crippen LogP contribution in [0.4, 0.5) is 0 Å². The van der Waals surface area contributed by atoms with Crippen LogP contribution < -0.4 is 5.32 Å². The number of carbonyl (C=O) groups excluding carboxylic acids is 2. The number of nitrogens with one attached hydrogen (secondary N) is 2. The molecule has 0 unspecified atom stereocenters. The van der Waals surface area contributed by atoms with Crippen LogP contribution in [-0.2, 0) is 16.1 Å². The topological polar surface area (TPSA) is 78.1 Å². The Morgan fingerprint density at radius 1 is 1.38 bits per heavy atom. The number of carbonyl (C=O) groups is 2. The minimum atomic E-state index is -0.0165. The Labute approximate surface area is 125 Å². The maximum absolute atomic E-state index is 12.0. The first-order chi connectivity index (χ1) is 10.1. The number of hydrogen-bond donors (Lipinski definition) is 2. The molecule has 1 aromatic heterocycles. The van der Waals surface area contributed by atoms with E-state index in [9.17, 15) is 9.59 Å². The van der Waals surface area contributed by atoms with Gasteiger partial charge in [0.15, 0.2) is 0 Å². The lowest BCUT2D eigenvalue weighted by Crippen LogP contribution is -2.34. The van der Waals surface area contributed by atoms with Gasteiger partial charge in [-0.05, 0) is 19.8 Å². The van der Waals surface area contributed by atoms with Crippen LogP contribution in [0, 0.1) is 6.92 Å². The summed E-state index contributed by atoms with van der Waals surface area (Å²) in [6.07, 6.45) is 6.77. The highest BCUT2D eigenvalue weighted by Gasteiger charge is 2.18. The van der Waals surface area contributed by atoms with Crippen molar-refractivity contribution in [2.45, 2.75) is 58.0 Å². The molecule has 1 aliphatic rings. The van der Waals surface area contributed by atoms with Gasteiger partial charge in [-0.3, -0.25) is 14.7 Å². The van der Waals surface area contributed by atoms with Crippen molar-refractivity contribution in [2.24, 2.45) is 0 Å². The van der Waals surface area contributed by atoms with Crippen LogP contribution in [0.15, 0.2) is 6.20 Å². The number of aromatic amines is 1. The highest BCUT2D eigenvalue weighted by molar-refractivity contribution is 5.83. The number of H-pyrrole nitrogens is 1. The Hall–Kier alpha value is -1.85. The summed E-state index contributed by atoms with van der Waals surface area (Å²) in [5, 5.41) is 9.79. The maximum Gasteiger partial charge on any atom is 0.223 e. The van der Waals surface area contributed by atoms with Crippen LogP contribution in [-0.4, -0.2) is 40.0 Å². The van der Waals surface area contributed by atoms with E-state index in [1.807, 2.05) is 6.92 Å². The second kappa shape index (κ2) is 7.24. The Morgan fingerprint density at radius 2 is 2.10 bits per heavy atom. The summed E-state index contributed by atoms with van der Waals surface area (Å²) in [7, 11) is 1.75. The quantitative estimate of drug-likeness (QED) is 0.834. The number of aryl methyl sites for hydroxylation is 1. The molecule has 6 heteroatoms. The molecule has 0 aromatic carbocycles. The second-order valence-corrected chi connectivity index (χ2v) is 5.82. The molecule has 0 atom stereocenters. The van der Waals surface area contributed by atoms with Crippen LogP contribution in [0.25, 0.3) is 0 Å². The zero-order chi connectivity index (χ0) is 15.2. The third-order valence-corrected chi connectivity index (χ3v) is 4.05. The van der Waals surface area contributed by atoms with Gasteiger partial charge in [-0.25, -0.2) is 0 Å². The molecule has 2 amide bonds. The van der Waals surface area contributed by atoms with Crippen molar-refractivity contribution in [3.05, 3.63) is 17.5 Å². The molecule has 1 aromatic rings. The number of rotatable bonds is 6. The molecule has 1 heterocycles. The molecule has 0 bridgehead atoms. The van der Waals surface area contributed by atoms with Crippen molar-refractivity contribution in [2.75, 3.05) is 7.05 Å². The van der Waals surface area contributed by atoms with Gasteiger partial charge in [0.25, 0.3) is 0 Å². The molecule has 1 saturated carbocycles. The van der Waals surface area contributed by atoms with Gasteiger partial charge in [-0.1, -0.05) is 12.8 Å². The first-order valence-corrected chi connectivity index (χ1v) is 7.58. The standard InChI is InChI=1S/C15H24N4O2/c1-11-12(9-16-18-11)10-19(2)15(21)8-7-14(20)17-13-5-3-4-6-13/h9,13H,3-8,10H2,1-2H3,(H,16,18)(H,17,20). The minimum Gasteiger partial charge on any atom is -0.353 e. The lowest BCUT2D eigenvalue weighted by Gasteiger charge is -2.17. The highest BCUT2D eigenvalue weighted by Crippen LogP contribution is 2.17. The predicted molar refractivity (Wildman–Crippen MR) is 79.4 cm³/mol. The van der Waals surface area contributed by atoms with Crippen LogP contribution in [0.3, 0.4) is 0 Å². The van der Waals surface area contributed by atoms with Crippen molar-refractivity contribution in [3.8, 4) is 0 Å². The summed E-state index contributed by atoms with van der Waals surface area (Å²) in [4.78, 5) is 25.5. The smallest absolute Gasteiger partial charge is 0.223 e. The van der Waals surface area contributed by atoms with E-state index in [4.69, 9.17) is 0 Å². The fraction of sp³-hybridized carbons (Fsp3) is 0.667. The molecule has 1 fully saturated rings. The van der Waals surface area contributed by atoms with E-state index in [0.717, 1.165) is 24.1 Å². The van der Waals surface area contributed by atoms with Crippen molar-refractivity contribution < 1.29 is 9.59 Å². The van der Waals surface area contributed by atoms with Gasteiger partial charge in [0.2, 0.25) is 11.8 Å². The Bertz CT molecular complexity index is 492. The molecule has 6 nitrogen and oxygen atoms in total. The van der Waals surface area contributed by atoms with Crippen LogP contribution >= 0.6 is 0 Å². The first-order valence-electron chi connectivity index (χ1n) is 7.58. The van der Waals surface area contributed by atoms with Crippen molar-refractivity contribution >= 4 is 11.8 Å². The van der Waals surface area contributed by atoms with Crippen molar-refractivity contribution in [1.29, 1.82) is 0 Å². The Balaban J connectivity index is 1.70. The SMILES string of the molecule is Cc1[nH]ncc1CN(C)C(=O)CCC(=O)NC1CCCC1. The van der Waals surface area contributed by atoms with Crippen LogP contribution in [0.2, 0.25) is 0 Å². The molecule has 21 heavy (non-hydrogen) atoms. The molecule has 116 valence electrons. The van der Waals surface area contributed by atoms with E-state index in [-0.39, 0.29) is 24.7 Å². The molecular weight excluding hydrogens is 268 g/mol. The van der Waals surface area contributed by atoms with Gasteiger partial charge in [-0.15, -0.1) is 0 Å². The molecule has 0 aliphatic heterocycles. The molecular formula is C15H24N4O2. The maximum atomic E-state index is 12.0. The third-order valence-electron chi connectivity index (χ3n) is 4.05. The minimum absolute atomic E-state index is 0.0110. The number of nitrogens with zero attached hydrogens (tertiary/aromatic N) is 2.